The zero-order valence-corrected chi connectivity index (χ0v) is 30.8. The van der Waals surface area contributed by atoms with E-state index in [0.717, 1.165) is 0 Å². The molecule has 0 aromatic heterocycles. The summed E-state index contributed by atoms with van der Waals surface area (Å²) in [5.74, 6) is -8.81. The van der Waals surface area contributed by atoms with E-state index in [4.69, 9.17) is 0 Å². The van der Waals surface area contributed by atoms with Crippen LogP contribution in [-0.4, -0.2) is 99.5 Å². The number of hydrogen-bond acceptors (Lipinski definition) is 9. The van der Waals surface area contributed by atoms with E-state index in [1.165, 1.54) is 12.1 Å². The van der Waals surface area contributed by atoms with E-state index in [1.54, 1.807) is 60.6 Å². The zero-order valence-electron chi connectivity index (χ0n) is 30.8. The van der Waals surface area contributed by atoms with Crippen LogP contribution in [0.4, 0.5) is 0 Å². The maximum absolute atomic E-state index is 13.8. The molecule has 0 bridgehead atoms. The molecule has 1 unspecified atom stereocenters. The number of carbonyl (C=O) groups excluding carboxylic acids is 6. The number of aliphatic carboxylic acids is 2. The predicted octanol–water partition coefficient (Wildman–Crippen LogP) is 0.192. The largest absolute Gasteiger partial charge is 0.508 e. The van der Waals surface area contributed by atoms with Gasteiger partial charge in [0.1, 0.15) is 36.0 Å². The molecule has 290 valence electrons. The molecular weight excluding hydrogens is 680 g/mol. The first-order valence-electron chi connectivity index (χ1n) is 17.3. The quantitative estimate of drug-likeness (QED) is 0.0776. The van der Waals surface area contributed by atoms with Gasteiger partial charge in [-0.3, -0.25) is 33.6 Å². The number of carboxylic acid groups (broad SMARTS) is 2. The van der Waals surface area contributed by atoms with Crippen LogP contribution in [0.25, 0.3) is 0 Å². The summed E-state index contributed by atoms with van der Waals surface area (Å²) in [5.41, 5.74) is 0.590. The number of amides is 6. The molecule has 0 saturated heterocycles. The molecule has 0 heterocycles. The second kappa shape index (κ2) is 21.9. The van der Waals surface area contributed by atoms with Gasteiger partial charge in [-0.25, -0.2) is 4.79 Å². The van der Waals surface area contributed by atoms with Gasteiger partial charge in [-0.2, -0.15) is 0 Å². The lowest BCUT2D eigenvalue weighted by atomic mass is 9.95. The van der Waals surface area contributed by atoms with Gasteiger partial charge in [0, 0.05) is 6.54 Å². The molecule has 1 rings (SSSR count). The van der Waals surface area contributed by atoms with E-state index in [1.807, 2.05) is 0 Å². The first-order chi connectivity index (χ1) is 24.3. The number of hydrogen-bond donors (Lipinski definition) is 9. The third kappa shape index (κ3) is 15.8. The van der Waals surface area contributed by atoms with Crippen LogP contribution in [0, 0.1) is 17.8 Å². The van der Waals surface area contributed by atoms with Gasteiger partial charge < -0.3 is 47.2 Å². The molecule has 0 spiro atoms. The van der Waals surface area contributed by atoms with Crippen LogP contribution in [0.1, 0.15) is 79.7 Å². The van der Waals surface area contributed by atoms with Gasteiger partial charge in [-0.15, -0.1) is 0 Å². The summed E-state index contributed by atoms with van der Waals surface area (Å²) in [6.45, 7) is 12.1. The number of carboxylic acids is 2. The molecule has 6 amide bonds. The van der Waals surface area contributed by atoms with Crippen molar-refractivity contribution in [2.24, 2.45) is 17.8 Å². The van der Waals surface area contributed by atoms with Gasteiger partial charge in [0.25, 0.3) is 0 Å². The van der Waals surface area contributed by atoms with Gasteiger partial charge in [-0.05, 0) is 48.8 Å². The van der Waals surface area contributed by atoms with Crippen molar-refractivity contribution >= 4 is 47.4 Å². The topological polar surface area (TPSA) is 269 Å². The molecule has 17 heteroatoms. The second-order valence-electron chi connectivity index (χ2n) is 13.4. The minimum Gasteiger partial charge on any atom is -0.508 e. The smallest absolute Gasteiger partial charge is 0.326 e. The van der Waals surface area contributed by atoms with E-state index >= 15 is 0 Å². The Bertz CT molecular complexity index is 1420. The third-order valence-corrected chi connectivity index (χ3v) is 8.09. The number of nitrogens with one attached hydrogen (secondary N) is 6. The van der Waals surface area contributed by atoms with Crippen LogP contribution >= 0.6 is 0 Å². The van der Waals surface area contributed by atoms with E-state index in [9.17, 15) is 53.7 Å². The van der Waals surface area contributed by atoms with Gasteiger partial charge >= 0.3 is 11.9 Å². The molecule has 52 heavy (non-hydrogen) atoms. The monoisotopic (exact) mass is 734 g/mol. The first-order valence-corrected chi connectivity index (χ1v) is 17.3. The Hall–Kier alpha value is -5.22. The molecule has 1 aromatic rings. The van der Waals surface area contributed by atoms with Gasteiger partial charge in [0.05, 0.1) is 19.3 Å². The molecule has 0 aliphatic rings. The molecule has 0 fully saturated rings. The lowest BCUT2D eigenvalue weighted by Crippen LogP contribution is -2.61. The van der Waals surface area contributed by atoms with Crippen LogP contribution in [0.3, 0.4) is 0 Å². The number of phenols is 1. The number of rotatable bonds is 22. The number of aromatic hydroxyl groups is 1. The summed E-state index contributed by atoms with van der Waals surface area (Å²) in [4.78, 5) is 103. The molecular formula is C35H54N6O11. The summed E-state index contributed by atoms with van der Waals surface area (Å²) >= 11 is 0. The van der Waals surface area contributed by atoms with Crippen LogP contribution in [-0.2, 0) is 44.8 Å². The van der Waals surface area contributed by atoms with Gasteiger partial charge in [0.2, 0.25) is 35.4 Å². The molecule has 0 aliphatic carbocycles. The van der Waals surface area contributed by atoms with Gasteiger partial charge in [-0.1, -0.05) is 60.1 Å². The predicted molar refractivity (Wildman–Crippen MR) is 188 cm³/mol. The van der Waals surface area contributed by atoms with E-state index in [2.05, 4.69) is 31.9 Å². The minimum atomic E-state index is -1.77. The minimum absolute atomic E-state index is 0.0210. The Morgan fingerprint density at radius 3 is 1.63 bits per heavy atom. The third-order valence-electron chi connectivity index (χ3n) is 8.09. The standard InChI is InChI=1S/C35H54N6O11/c1-8-20(7)30(41-33(49)29(19(5)6)40-27(44)15-21-10-12-22(42)13-11-21)34(50)38-23(16-26(43)36-9-2)31(47)37-24(17-28(45)46)32(48)39-25(35(51)52)14-18(3)4/h10-13,18-20,23-25,29-30,42H,8-9,14-17H2,1-7H3,(H,36,43)(H,37,47)(H,38,50)(H,39,48)(H,40,44)(H,41,49)(H,45,46)(H,51,52)/t20-,23?,24-,25-,29-,30-/m0/s1. The molecule has 0 saturated carbocycles. The SMILES string of the molecule is CCNC(=O)CC(NC(=O)[C@@H](NC(=O)[C@@H](NC(=O)Cc1ccc(O)cc1)C(C)C)[C@@H](C)CC)C(=O)N[C@@H](CC(=O)O)C(=O)N[C@@H](CC(C)C)C(=O)O. The summed E-state index contributed by atoms with van der Waals surface area (Å²) in [6.07, 6.45) is -1.24. The number of phenolic OH excluding ortho intramolecular Hbond substituents is 1. The average molecular weight is 735 g/mol. The Balaban J connectivity index is 3.29. The normalized spacial score (nSPS) is 14.5. The van der Waals surface area contributed by atoms with Crippen molar-refractivity contribution in [2.45, 2.75) is 111 Å². The zero-order chi connectivity index (χ0) is 39.7. The lowest BCUT2D eigenvalue weighted by molar-refractivity contribution is -0.144. The highest BCUT2D eigenvalue weighted by atomic mass is 16.4. The Morgan fingerprint density at radius 2 is 1.15 bits per heavy atom. The molecule has 0 radical (unpaired) electrons. The highest BCUT2D eigenvalue weighted by molar-refractivity contribution is 5.98. The molecule has 9 N–H and O–H groups in total. The van der Waals surface area contributed by atoms with Crippen LogP contribution in [0.15, 0.2) is 24.3 Å². The van der Waals surface area contributed by atoms with Crippen molar-refractivity contribution in [3.63, 3.8) is 0 Å². The fraction of sp³-hybridized carbons (Fsp3) is 0.600. The van der Waals surface area contributed by atoms with Crippen molar-refractivity contribution in [2.75, 3.05) is 6.54 Å². The molecule has 1 aromatic carbocycles. The fourth-order valence-corrected chi connectivity index (χ4v) is 5.05. The Kier molecular flexibility index (Phi) is 18.8. The number of carbonyl (C=O) groups is 8. The van der Waals surface area contributed by atoms with Crippen molar-refractivity contribution < 1.29 is 53.7 Å². The molecule has 0 aliphatic heterocycles. The highest BCUT2D eigenvalue weighted by Crippen LogP contribution is 2.13. The number of benzene rings is 1. The Labute approximate surface area is 303 Å². The van der Waals surface area contributed by atoms with Crippen molar-refractivity contribution in [1.82, 2.24) is 31.9 Å². The van der Waals surface area contributed by atoms with E-state index < -0.39 is 102 Å². The van der Waals surface area contributed by atoms with Crippen LogP contribution in [0.2, 0.25) is 0 Å². The summed E-state index contributed by atoms with van der Waals surface area (Å²) < 4.78 is 0. The van der Waals surface area contributed by atoms with Crippen molar-refractivity contribution in [1.29, 1.82) is 0 Å². The first kappa shape index (κ1) is 44.8. The fourth-order valence-electron chi connectivity index (χ4n) is 5.05. The highest BCUT2D eigenvalue weighted by Gasteiger charge is 2.36. The van der Waals surface area contributed by atoms with E-state index in [-0.39, 0.29) is 31.1 Å². The summed E-state index contributed by atoms with van der Waals surface area (Å²) in [5, 5.41) is 43.2. The maximum atomic E-state index is 13.8. The average Bonchev–Trinajstić information content (AvgIpc) is 3.05. The molecule has 17 nitrogen and oxygen atoms in total. The van der Waals surface area contributed by atoms with Crippen molar-refractivity contribution in [3.05, 3.63) is 29.8 Å². The van der Waals surface area contributed by atoms with Crippen molar-refractivity contribution in [3.8, 4) is 5.75 Å². The summed E-state index contributed by atoms with van der Waals surface area (Å²) in [7, 11) is 0. The van der Waals surface area contributed by atoms with E-state index in [0.29, 0.717) is 12.0 Å². The summed E-state index contributed by atoms with van der Waals surface area (Å²) in [6, 6.07) is -1.15. The Morgan fingerprint density at radius 1 is 0.635 bits per heavy atom. The van der Waals surface area contributed by atoms with Crippen LogP contribution < -0.4 is 31.9 Å². The lowest BCUT2D eigenvalue weighted by Gasteiger charge is -2.29. The molecule has 6 atom stereocenters. The maximum Gasteiger partial charge on any atom is 0.326 e. The van der Waals surface area contributed by atoms with Gasteiger partial charge in [0.15, 0.2) is 0 Å². The second-order valence-corrected chi connectivity index (χ2v) is 13.4. The van der Waals surface area contributed by atoms with Crippen LogP contribution in [0.5, 0.6) is 5.75 Å².